The summed E-state index contributed by atoms with van der Waals surface area (Å²) in [6.45, 7) is 5.26. The zero-order chi connectivity index (χ0) is 12.0. The highest BCUT2D eigenvalue weighted by Gasteiger charge is 2.17. The summed E-state index contributed by atoms with van der Waals surface area (Å²) in [5, 5.41) is 3.51. The molecule has 1 aromatic heterocycles. The number of rotatable bonds is 7. The molecule has 0 spiro atoms. The van der Waals surface area contributed by atoms with E-state index in [9.17, 15) is 0 Å². The Hall–Kier alpha value is -0.870. The van der Waals surface area contributed by atoms with Crippen LogP contribution in [0, 0.1) is 0 Å². The maximum Gasteiger partial charge on any atom is 0.125 e. The molecule has 4 nitrogen and oxygen atoms in total. The van der Waals surface area contributed by atoms with Crippen LogP contribution in [-0.4, -0.2) is 29.3 Å². The van der Waals surface area contributed by atoms with Gasteiger partial charge in [0.05, 0.1) is 12.1 Å². The molecule has 1 aromatic rings. The van der Waals surface area contributed by atoms with Gasteiger partial charge < -0.3 is 14.6 Å². The van der Waals surface area contributed by atoms with Gasteiger partial charge in [-0.25, -0.2) is 4.98 Å². The molecule has 0 bridgehead atoms. The Morgan fingerprint density at radius 2 is 2.31 bits per heavy atom. The highest BCUT2D eigenvalue weighted by Crippen LogP contribution is 2.17. The number of ether oxygens (including phenoxy) is 1. The van der Waals surface area contributed by atoms with Crippen molar-refractivity contribution in [1.29, 1.82) is 0 Å². The lowest BCUT2D eigenvalue weighted by molar-refractivity contribution is 0.0990. The second-order valence-electron chi connectivity index (χ2n) is 4.19. The van der Waals surface area contributed by atoms with Crippen LogP contribution in [-0.2, 0) is 11.8 Å². The number of imidazole rings is 1. The smallest absolute Gasteiger partial charge is 0.125 e. The number of hydrogen-bond donors (Lipinski definition) is 1. The van der Waals surface area contributed by atoms with Crippen molar-refractivity contribution in [3.63, 3.8) is 0 Å². The first-order valence-electron chi connectivity index (χ1n) is 5.92. The Morgan fingerprint density at radius 3 is 2.81 bits per heavy atom. The van der Waals surface area contributed by atoms with E-state index in [4.69, 9.17) is 4.74 Å². The first-order chi connectivity index (χ1) is 7.69. The van der Waals surface area contributed by atoms with Crippen LogP contribution >= 0.6 is 0 Å². The number of aryl methyl sites for hydroxylation is 1. The fourth-order valence-electron chi connectivity index (χ4n) is 1.74. The lowest BCUT2D eigenvalue weighted by atomic mass is 10.1. The standard InChI is InChI=1S/C12H23N3O/c1-5-6-13-11(9-10(2)16-4)12-14-7-8-15(12)3/h7-8,10-11,13H,5-6,9H2,1-4H3. The average molecular weight is 225 g/mol. The van der Waals surface area contributed by atoms with Crippen LogP contribution in [0.5, 0.6) is 0 Å². The van der Waals surface area contributed by atoms with Crippen molar-refractivity contribution in [3.05, 3.63) is 18.2 Å². The van der Waals surface area contributed by atoms with Crippen molar-refractivity contribution >= 4 is 0 Å². The van der Waals surface area contributed by atoms with Crippen molar-refractivity contribution in [2.45, 2.75) is 38.8 Å². The van der Waals surface area contributed by atoms with Gasteiger partial charge in [0.2, 0.25) is 0 Å². The summed E-state index contributed by atoms with van der Waals surface area (Å²) in [6, 6.07) is 0.273. The molecule has 0 aromatic carbocycles. The third-order valence-electron chi connectivity index (χ3n) is 2.78. The lowest BCUT2D eigenvalue weighted by Gasteiger charge is -2.21. The zero-order valence-electron chi connectivity index (χ0n) is 10.7. The van der Waals surface area contributed by atoms with E-state index < -0.39 is 0 Å². The summed E-state index contributed by atoms with van der Waals surface area (Å²) in [7, 11) is 3.78. The molecule has 16 heavy (non-hydrogen) atoms. The van der Waals surface area contributed by atoms with Gasteiger partial charge in [0.25, 0.3) is 0 Å². The third kappa shape index (κ3) is 3.61. The summed E-state index contributed by atoms with van der Waals surface area (Å²) < 4.78 is 7.39. The topological polar surface area (TPSA) is 39.1 Å². The van der Waals surface area contributed by atoms with E-state index in [1.807, 2.05) is 19.4 Å². The number of hydrogen-bond acceptors (Lipinski definition) is 3. The second-order valence-corrected chi connectivity index (χ2v) is 4.19. The van der Waals surface area contributed by atoms with Crippen molar-refractivity contribution in [2.75, 3.05) is 13.7 Å². The molecule has 1 heterocycles. The Bertz CT molecular complexity index is 298. The van der Waals surface area contributed by atoms with Gasteiger partial charge in [-0.05, 0) is 26.3 Å². The van der Waals surface area contributed by atoms with Crippen LogP contribution in [0.25, 0.3) is 0 Å². The Morgan fingerprint density at radius 1 is 1.56 bits per heavy atom. The predicted molar refractivity (Wildman–Crippen MR) is 65.3 cm³/mol. The minimum Gasteiger partial charge on any atom is -0.382 e. The molecule has 0 aliphatic heterocycles. The minimum absolute atomic E-state index is 0.242. The molecule has 92 valence electrons. The Balaban J connectivity index is 2.67. The van der Waals surface area contributed by atoms with Crippen LogP contribution in [0.2, 0.25) is 0 Å². The van der Waals surface area contributed by atoms with Crippen LogP contribution < -0.4 is 5.32 Å². The van der Waals surface area contributed by atoms with Gasteiger partial charge in [0.1, 0.15) is 5.82 Å². The molecule has 2 atom stereocenters. The molecule has 0 saturated carbocycles. The molecule has 0 aliphatic rings. The van der Waals surface area contributed by atoms with Crippen LogP contribution in [0.3, 0.4) is 0 Å². The Kier molecular flexibility index (Phi) is 5.49. The maximum atomic E-state index is 5.32. The van der Waals surface area contributed by atoms with E-state index in [1.165, 1.54) is 0 Å². The molecule has 2 unspecified atom stereocenters. The van der Waals surface area contributed by atoms with Gasteiger partial charge in [-0.1, -0.05) is 6.92 Å². The predicted octanol–water partition coefficient (Wildman–Crippen LogP) is 1.89. The Labute approximate surface area is 98.0 Å². The lowest BCUT2D eigenvalue weighted by Crippen LogP contribution is -2.28. The quantitative estimate of drug-likeness (QED) is 0.770. The molecule has 1 rings (SSSR count). The summed E-state index contributed by atoms with van der Waals surface area (Å²) in [6.07, 6.45) is 6.14. The van der Waals surface area contributed by atoms with Crippen LogP contribution in [0.1, 0.15) is 38.6 Å². The van der Waals surface area contributed by atoms with E-state index in [2.05, 4.69) is 28.7 Å². The van der Waals surface area contributed by atoms with E-state index in [1.54, 1.807) is 7.11 Å². The summed E-state index contributed by atoms with van der Waals surface area (Å²) in [5.74, 6) is 1.08. The molecule has 0 radical (unpaired) electrons. The molecule has 0 amide bonds. The van der Waals surface area contributed by atoms with Gasteiger partial charge in [-0.15, -0.1) is 0 Å². The van der Waals surface area contributed by atoms with Gasteiger partial charge >= 0.3 is 0 Å². The SMILES string of the molecule is CCCNC(CC(C)OC)c1nccn1C. The normalized spacial score (nSPS) is 15.0. The molecule has 0 saturated heterocycles. The number of nitrogens with zero attached hydrogens (tertiary/aromatic N) is 2. The van der Waals surface area contributed by atoms with E-state index in [-0.39, 0.29) is 12.1 Å². The van der Waals surface area contributed by atoms with Gasteiger partial charge in [0, 0.05) is 26.6 Å². The first-order valence-corrected chi connectivity index (χ1v) is 5.92. The highest BCUT2D eigenvalue weighted by molar-refractivity contribution is 4.99. The molecule has 0 aliphatic carbocycles. The van der Waals surface area contributed by atoms with Crippen molar-refractivity contribution < 1.29 is 4.74 Å². The van der Waals surface area contributed by atoms with Gasteiger partial charge in [-0.2, -0.15) is 0 Å². The fourth-order valence-corrected chi connectivity index (χ4v) is 1.74. The van der Waals surface area contributed by atoms with E-state index in [0.717, 1.165) is 25.2 Å². The highest BCUT2D eigenvalue weighted by atomic mass is 16.5. The monoisotopic (exact) mass is 225 g/mol. The van der Waals surface area contributed by atoms with E-state index in [0.29, 0.717) is 0 Å². The van der Waals surface area contributed by atoms with Gasteiger partial charge in [0.15, 0.2) is 0 Å². The van der Waals surface area contributed by atoms with E-state index >= 15 is 0 Å². The van der Waals surface area contributed by atoms with Crippen LogP contribution in [0.4, 0.5) is 0 Å². The molecule has 4 heteroatoms. The number of aromatic nitrogens is 2. The molecular weight excluding hydrogens is 202 g/mol. The largest absolute Gasteiger partial charge is 0.382 e. The molecular formula is C12H23N3O. The maximum absolute atomic E-state index is 5.32. The minimum atomic E-state index is 0.242. The third-order valence-corrected chi connectivity index (χ3v) is 2.78. The van der Waals surface area contributed by atoms with Crippen molar-refractivity contribution in [1.82, 2.24) is 14.9 Å². The fraction of sp³-hybridized carbons (Fsp3) is 0.750. The number of nitrogens with one attached hydrogen (secondary N) is 1. The van der Waals surface area contributed by atoms with Crippen LogP contribution in [0.15, 0.2) is 12.4 Å². The van der Waals surface area contributed by atoms with Crippen molar-refractivity contribution in [2.24, 2.45) is 7.05 Å². The zero-order valence-corrected chi connectivity index (χ0v) is 10.7. The average Bonchev–Trinajstić information content (AvgIpc) is 2.70. The molecule has 0 fully saturated rings. The summed E-state index contributed by atoms with van der Waals surface area (Å²) in [4.78, 5) is 4.40. The first kappa shape index (κ1) is 13.2. The summed E-state index contributed by atoms with van der Waals surface area (Å²) >= 11 is 0. The van der Waals surface area contributed by atoms with Crippen molar-refractivity contribution in [3.8, 4) is 0 Å². The molecule has 1 N–H and O–H groups in total. The number of methoxy groups -OCH3 is 1. The van der Waals surface area contributed by atoms with Gasteiger partial charge in [-0.3, -0.25) is 0 Å². The summed E-state index contributed by atoms with van der Waals surface area (Å²) in [5.41, 5.74) is 0. The second kappa shape index (κ2) is 6.66.